The Labute approximate surface area is 129 Å². The van der Waals surface area contributed by atoms with Gasteiger partial charge < -0.3 is 14.4 Å². The number of fused-ring (bicyclic) bond motifs is 1. The van der Waals surface area contributed by atoms with E-state index in [0.29, 0.717) is 18.5 Å². The molecule has 1 amide bonds. The molecule has 2 heterocycles. The molecule has 1 aromatic carbocycles. The van der Waals surface area contributed by atoms with Crippen LogP contribution in [0.5, 0.6) is 0 Å². The summed E-state index contributed by atoms with van der Waals surface area (Å²) >= 11 is 3.43. The molecule has 1 fully saturated rings. The van der Waals surface area contributed by atoms with Crippen molar-refractivity contribution in [2.24, 2.45) is 5.92 Å². The van der Waals surface area contributed by atoms with Gasteiger partial charge in [-0.1, -0.05) is 0 Å². The van der Waals surface area contributed by atoms with Gasteiger partial charge in [0.25, 0.3) is 5.91 Å². The molecular formula is C15H14BrNO4. The Hall–Kier alpha value is -1.82. The lowest BCUT2D eigenvalue weighted by atomic mass is 10.1. The summed E-state index contributed by atoms with van der Waals surface area (Å²) in [5.74, 6) is -1.33. The van der Waals surface area contributed by atoms with Crippen molar-refractivity contribution in [1.29, 1.82) is 0 Å². The molecule has 5 nitrogen and oxygen atoms in total. The van der Waals surface area contributed by atoms with Gasteiger partial charge in [0.2, 0.25) is 0 Å². The second-order valence-corrected chi connectivity index (χ2v) is 6.21. The van der Waals surface area contributed by atoms with Crippen LogP contribution in [-0.2, 0) is 4.79 Å². The summed E-state index contributed by atoms with van der Waals surface area (Å²) in [5.41, 5.74) is 1.71. The minimum absolute atomic E-state index is 0.241. The first-order valence-electron chi connectivity index (χ1n) is 6.67. The number of carboxylic acids is 1. The molecule has 1 aliphatic rings. The minimum atomic E-state index is -0.853. The van der Waals surface area contributed by atoms with E-state index in [2.05, 4.69) is 15.9 Å². The molecule has 0 spiro atoms. The van der Waals surface area contributed by atoms with Crippen LogP contribution in [-0.4, -0.2) is 35.0 Å². The minimum Gasteiger partial charge on any atom is -0.481 e. The van der Waals surface area contributed by atoms with E-state index in [1.807, 2.05) is 19.1 Å². The maximum Gasteiger partial charge on any atom is 0.308 e. The van der Waals surface area contributed by atoms with Crippen LogP contribution in [0.4, 0.5) is 0 Å². The monoisotopic (exact) mass is 351 g/mol. The molecule has 0 aliphatic carbocycles. The SMILES string of the molecule is Cc1cc(Br)c2oc(C(=O)N3CCC(C(=O)O)C3)cc2c1. The number of hydrogen-bond acceptors (Lipinski definition) is 3. The lowest BCUT2D eigenvalue weighted by Crippen LogP contribution is -2.29. The Balaban J connectivity index is 1.89. The van der Waals surface area contributed by atoms with Gasteiger partial charge in [-0.15, -0.1) is 0 Å². The Morgan fingerprint density at radius 3 is 2.81 bits per heavy atom. The van der Waals surface area contributed by atoms with Crippen LogP contribution in [0.3, 0.4) is 0 Å². The molecule has 1 aliphatic heterocycles. The molecule has 1 N–H and O–H groups in total. The van der Waals surface area contributed by atoms with Crippen molar-refractivity contribution in [2.75, 3.05) is 13.1 Å². The number of aliphatic carboxylic acids is 1. The molecule has 21 heavy (non-hydrogen) atoms. The molecule has 0 saturated carbocycles. The highest BCUT2D eigenvalue weighted by molar-refractivity contribution is 9.10. The summed E-state index contributed by atoms with van der Waals surface area (Å²) in [5, 5.41) is 9.86. The van der Waals surface area contributed by atoms with Gasteiger partial charge in [-0.2, -0.15) is 0 Å². The second-order valence-electron chi connectivity index (χ2n) is 5.35. The van der Waals surface area contributed by atoms with Crippen LogP contribution in [0.25, 0.3) is 11.0 Å². The van der Waals surface area contributed by atoms with Crippen LogP contribution in [0, 0.1) is 12.8 Å². The third-order valence-electron chi connectivity index (χ3n) is 3.75. The van der Waals surface area contributed by atoms with Gasteiger partial charge in [0.15, 0.2) is 5.76 Å². The van der Waals surface area contributed by atoms with E-state index in [4.69, 9.17) is 9.52 Å². The number of carbonyl (C=O) groups excluding carboxylic acids is 1. The van der Waals surface area contributed by atoms with Crippen molar-refractivity contribution >= 4 is 38.8 Å². The largest absolute Gasteiger partial charge is 0.481 e. The first kappa shape index (κ1) is 14.1. The van der Waals surface area contributed by atoms with E-state index in [1.165, 1.54) is 4.90 Å². The van der Waals surface area contributed by atoms with Crippen LogP contribution < -0.4 is 0 Å². The van der Waals surface area contributed by atoms with Gasteiger partial charge in [0.1, 0.15) is 5.58 Å². The predicted octanol–water partition coefficient (Wildman–Crippen LogP) is 3.05. The Bertz CT molecular complexity index is 737. The molecule has 1 aromatic heterocycles. The predicted molar refractivity (Wildman–Crippen MR) is 80.3 cm³/mol. The zero-order valence-electron chi connectivity index (χ0n) is 11.4. The first-order chi connectivity index (χ1) is 9.95. The Morgan fingerprint density at radius 2 is 2.14 bits per heavy atom. The molecule has 1 atom stereocenters. The number of carboxylic acid groups (broad SMARTS) is 1. The average Bonchev–Trinajstić information content (AvgIpc) is 3.04. The van der Waals surface area contributed by atoms with Crippen molar-refractivity contribution in [3.8, 4) is 0 Å². The highest BCUT2D eigenvalue weighted by Gasteiger charge is 2.32. The first-order valence-corrected chi connectivity index (χ1v) is 7.47. The summed E-state index contributed by atoms with van der Waals surface area (Å²) in [6, 6.07) is 5.59. The van der Waals surface area contributed by atoms with E-state index in [1.54, 1.807) is 6.07 Å². The highest BCUT2D eigenvalue weighted by atomic mass is 79.9. The maximum absolute atomic E-state index is 12.4. The number of amides is 1. The highest BCUT2D eigenvalue weighted by Crippen LogP contribution is 2.30. The summed E-state index contributed by atoms with van der Waals surface area (Å²) in [4.78, 5) is 24.9. The number of halogens is 1. The zero-order chi connectivity index (χ0) is 15.1. The van der Waals surface area contributed by atoms with Gasteiger partial charge in [-0.25, -0.2) is 0 Å². The van der Waals surface area contributed by atoms with E-state index in [0.717, 1.165) is 15.4 Å². The van der Waals surface area contributed by atoms with Crippen LogP contribution in [0.15, 0.2) is 27.1 Å². The topological polar surface area (TPSA) is 70.8 Å². The smallest absolute Gasteiger partial charge is 0.308 e. The second kappa shape index (κ2) is 5.18. The van der Waals surface area contributed by atoms with Gasteiger partial charge in [-0.3, -0.25) is 9.59 Å². The van der Waals surface area contributed by atoms with Crippen molar-refractivity contribution in [3.63, 3.8) is 0 Å². The van der Waals surface area contributed by atoms with Gasteiger partial charge >= 0.3 is 5.97 Å². The maximum atomic E-state index is 12.4. The lowest BCUT2D eigenvalue weighted by molar-refractivity contribution is -0.141. The number of hydrogen-bond donors (Lipinski definition) is 1. The molecule has 3 rings (SSSR count). The van der Waals surface area contributed by atoms with Crippen molar-refractivity contribution in [1.82, 2.24) is 4.90 Å². The average molecular weight is 352 g/mol. The summed E-state index contributed by atoms with van der Waals surface area (Å²) in [6.07, 6.45) is 0.490. The van der Waals surface area contributed by atoms with Crippen LogP contribution in [0.1, 0.15) is 22.5 Å². The third kappa shape index (κ3) is 2.55. The van der Waals surface area contributed by atoms with Crippen LogP contribution >= 0.6 is 15.9 Å². The van der Waals surface area contributed by atoms with Gasteiger partial charge in [-0.05, 0) is 53.0 Å². The molecule has 2 aromatic rings. The molecular weight excluding hydrogens is 338 g/mol. The molecule has 6 heteroatoms. The number of benzene rings is 1. The van der Waals surface area contributed by atoms with E-state index in [9.17, 15) is 9.59 Å². The molecule has 1 unspecified atom stereocenters. The molecule has 1 saturated heterocycles. The Kier molecular flexibility index (Phi) is 3.49. The number of furan rings is 1. The third-order valence-corrected chi connectivity index (χ3v) is 4.34. The van der Waals surface area contributed by atoms with E-state index < -0.39 is 11.9 Å². The number of rotatable bonds is 2. The van der Waals surface area contributed by atoms with Crippen LogP contribution in [0.2, 0.25) is 0 Å². The lowest BCUT2D eigenvalue weighted by Gasteiger charge is -2.13. The van der Waals surface area contributed by atoms with E-state index >= 15 is 0 Å². The number of nitrogens with zero attached hydrogens (tertiary/aromatic N) is 1. The zero-order valence-corrected chi connectivity index (χ0v) is 13.0. The number of carbonyl (C=O) groups is 2. The van der Waals surface area contributed by atoms with Gasteiger partial charge in [0.05, 0.1) is 10.4 Å². The summed E-state index contributed by atoms with van der Waals surface area (Å²) < 4.78 is 6.45. The summed E-state index contributed by atoms with van der Waals surface area (Å²) in [7, 11) is 0. The van der Waals surface area contributed by atoms with Crippen molar-refractivity contribution in [2.45, 2.75) is 13.3 Å². The van der Waals surface area contributed by atoms with E-state index in [-0.39, 0.29) is 18.2 Å². The fourth-order valence-corrected chi connectivity index (χ4v) is 3.33. The number of likely N-dealkylation sites (tertiary alicyclic amines) is 1. The summed E-state index contributed by atoms with van der Waals surface area (Å²) in [6.45, 7) is 2.66. The molecule has 0 radical (unpaired) electrons. The van der Waals surface area contributed by atoms with Crippen molar-refractivity contribution in [3.05, 3.63) is 34.0 Å². The number of aryl methyl sites for hydroxylation is 1. The quantitative estimate of drug-likeness (QED) is 0.902. The normalized spacial score (nSPS) is 18.4. The fraction of sp³-hybridized carbons (Fsp3) is 0.333. The van der Waals surface area contributed by atoms with Crippen molar-refractivity contribution < 1.29 is 19.1 Å². The fourth-order valence-electron chi connectivity index (χ4n) is 2.66. The standard InChI is InChI=1S/C15H14BrNO4/c1-8-4-10-6-12(21-13(10)11(16)5-8)14(18)17-3-2-9(7-17)15(19)20/h4-6,9H,2-3,7H2,1H3,(H,19,20). The molecule has 110 valence electrons. The van der Waals surface area contributed by atoms with Gasteiger partial charge in [0, 0.05) is 18.5 Å². The Morgan fingerprint density at radius 1 is 1.38 bits per heavy atom. The molecule has 0 bridgehead atoms.